The molecule has 7 heteroatoms. The third kappa shape index (κ3) is 3.22. The fourth-order valence-electron chi connectivity index (χ4n) is 3.37. The molecule has 1 N–H and O–H groups in total. The van der Waals surface area contributed by atoms with Gasteiger partial charge in [-0.1, -0.05) is 0 Å². The lowest BCUT2D eigenvalue weighted by molar-refractivity contribution is 0.482. The van der Waals surface area contributed by atoms with Crippen molar-refractivity contribution in [2.45, 2.75) is 32.6 Å². The summed E-state index contributed by atoms with van der Waals surface area (Å²) in [5.41, 5.74) is 4.00. The molecule has 7 nitrogen and oxygen atoms in total. The standard InChI is InChI=1S/C18H21N7/c1-12-3-4-15(13(2)22-12)16-5-8-19-18(23-16)25-9-6-14(7-10-25)17-20-11-21-24-17/h3-5,8,11,14H,6-7,9-10H2,1-2H3,(H,20,21,24). The normalized spacial score (nSPS) is 15.5. The Labute approximate surface area is 146 Å². The van der Waals surface area contributed by atoms with E-state index in [0.29, 0.717) is 5.92 Å². The molecule has 1 aliphatic heterocycles. The number of rotatable bonds is 3. The highest BCUT2D eigenvalue weighted by molar-refractivity contribution is 5.62. The van der Waals surface area contributed by atoms with Gasteiger partial charge in [0.2, 0.25) is 5.95 Å². The molecule has 0 radical (unpaired) electrons. The molecule has 128 valence electrons. The second kappa shape index (κ2) is 6.58. The Morgan fingerprint density at radius 3 is 2.60 bits per heavy atom. The molecule has 0 aromatic carbocycles. The lowest BCUT2D eigenvalue weighted by Crippen LogP contribution is -2.34. The first-order chi connectivity index (χ1) is 12.2. The predicted octanol–water partition coefficient (Wildman–Crippen LogP) is 2.66. The van der Waals surface area contributed by atoms with Gasteiger partial charge in [-0.05, 0) is 44.9 Å². The maximum absolute atomic E-state index is 4.78. The Bertz CT molecular complexity index is 852. The monoisotopic (exact) mass is 335 g/mol. The number of hydrogen-bond acceptors (Lipinski definition) is 6. The van der Waals surface area contributed by atoms with Crippen molar-refractivity contribution in [2.24, 2.45) is 0 Å². The van der Waals surface area contributed by atoms with Crippen LogP contribution in [0.3, 0.4) is 0 Å². The summed E-state index contributed by atoms with van der Waals surface area (Å²) in [6.45, 7) is 5.85. The number of aromatic amines is 1. The first-order valence-electron chi connectivity index (χ1n) is 8.58. The van der Waals surface area contributed by atoms with E-state index in [-0.39, 0.29) is 0 Å². The van der Waals surface area contributed by atoms with Crippen molar-refractivity contribution in [2.75, 3.05) is 18.0 Å². The molecule has 0 saturated carbocycles. The van der Waals surface area contributed by atoms with Gasteiger partial charge >= 0.3 is 0 Å². The molecular formula is C18H21N7. The molecule has 0 atom stereocenters. The van der Waals surface area contributed by atoms with E-state index in [4.69, 9.17) is 4.98 Å². The van der Waals surface area contributed by atoms with E-state index in [9.17, 15) is 0 Å². The average Bonchev–Trinajstić information content (AvgIpc) is 3.17. The SMILES string of the molecule is Cc1ccc(-c2ccnc(N3CCC(c4ncn[nH]4)CC3)n2)c(C)n1. The fourth-order valence-corrected chi connectivity index (χ4v) is 3.37. The van der Waals surface area contributed by atoms with Gasteiger partial charge in [-0.3, -0.25) is 10.1 Å². The summed E-state index contributed by atoms with van der Waals surface area (Å²) < 4.78 is 0. The molecule has 1 saturated heterocycles. The third-order valence-corrected chi connectivity index (χ3v) is 4.74. The van der Waals surface area contributed by atoms with Crippen molar-refractivity contribution in [1.29, 1.82) is 0 Å². The highest BCUT2D eigenvalue weighted by Gasteiger charge is 2.24. The highest BCUT2D eigenvalue weighted by atomic mass is 15.3. The van der Waals surface area contributed by atoms with Crippen molar-refractivity contribution in [1.82, 2.24) is 30.1 Å². The number of H-pyrrole nitrogens is 1. The van der Waals surface area contributed by atoms with E-state index in [2.05, 4.69) is 36.1 Å². The number of nitrogens with one attached hydrogen (secondary N) is 1. The molecule has 0 aliphatic carbocycles. The summed E-state index contributed by atoms with van der Waals surface area (Å²) in [7, 11) is 0. The lowest BCUT2D eigenvalue weighted by Gasteiger charge is -2.31. The molecule has 0 amide bonds. The van der Waals surface area contributed by atoms with Crippen LogP contribution in [0.5, 0.6) is 0 Å². The predicted molar refractivity (Wildman–Crippen MR) is 95.3 cm³/mol. The van der Waals surface area contributed by atoms with Crippen LogP contribution in [-0.2, 0) is 0 Å². The van der Waals surface area contributed by atoms with Crippen molar-refractivity contribution < 1.29 is 0 Å². The fraction of sp³-hybridized carbons (Fsp3) is 0.389. The van der Waals surface area contributed by atoms with Crippen LogP contribution in [0.2, 0.25) is 0 Å². The number of piperidine rings is 1. The Balaban J connectivity index is 1.52. The third-order valence-electron chi connectivity index (χ3n) is 4.74. The maximum Gasteiger partial charge on any atom is 0.225 e. The van der Waals surface area contributed by atoms with Gasteiger partial charge in [-0.15, -0.1) is 0 Å². The zero-order valence-corrected chi connectivity index (χ0v) is 14.5. The minimum Gasteiger partial charge on any atom is -0.341 e. The lowest BCUT2D eigenvalue weighted by atomic mass is 9.96. The smallest absolute Gasteiger partial charge is 0.225 e. The number of pyridine rings is 1. The number of nitrogens with zero attached hydrogens (tertiary/aromatic N) is 6. The molecule has 3 aromatic heterocycles. The van der Waals surface area contributed by atoms with Crippen LogP contribution < -0.4 is 4.90 Å². The van der Waals surface area contributed by atoms with Crippen molar-refractivity contribution in [3.8, 4) is 11.3 Å². The van der Waals surface area contributed by atoms with Gasteiger partial charge in [0, 0.05) is 42.2 Å². The Morgan fingerprint density at radius 2 is 1.88 bits per heavy atom. The molecule has 1 fully saturated rings. The molecule has 4 heterocycles. The van der Waals surface area contributed by atoms with Crippen LogP contribution >= 0.6 is 0 Å². The molecular weight excluding hydrogens is 314 g/mol. The average molecular weight is 335 g/mol. The quantitative estimate of drug-likeness (QED) is 0.792. The zero-order chi connectivity index (χ0) is 17.2. The maximum atomic E-state index is 4.78. The van der Waals surface area contributed by atoms with E-state index in [1.54, 1.807) is 6.33 Å². The first-order valence-corrected chi connectivity index (χ1v) is 8.58. The molecule has 4 rings (SSSR count). The summed E-state index contributed by atoms with van der Waals surface area (Å²) in [6, 6.07) is 6.05. The summed E-state index contributed by atoms with van der Waals surface area (Å²) in [5.74, 6) is 2.20. The second-order valence-electron chi connectivity index (χ2n) is 6.46. The van der Waals surface area contributed by atoms with Crippen LogP contribution in [0.4, 0.5) is 5.95 Å². The Kier molecular flexibility index (Phi) is 4.13. The van der Waals surface area contributed by atoms with E-state index in [1.165, 1.54) is 0 Å². The van der Waals surface area contributed by atoms with Crippen molar-refractivity contribution >= 4 is 5.95 Å². The Hall–Kier alpha value is -2.83. The number of anilines is 1. The van der Waals surface area contributed by atoms with Crippen LogP contribution in [0.1, 0.15) is 36.0 Å². The van der Waals surface area contributed by atoms with Crippen molar-refractivity contribution in [3.05, 3.63) is 47.9 Å². The van der Waals surface area contributed by atoms with Gasteiger partial charge in [0.05, 0.1) is 5.69 Å². The number of aryl methyl sites for hydroxylation is 2. The number of hydrogen-bond donors (Lipinski definition) is 1. The topological polar surface area (TPSA) is 83.5 Å². The van der Waals surface area contributed by atoms with Gasteiger partial charge < -0.3 is 4.90 Å². The summed E-state index contributed by atoms with van der Waals surface area (Å²) in [4.78, 5) is 20.3. The van der Waals surface area contributed by atoms with Crippen LogP contribution in [0.25, 0.3) is 11.3 Å². The van der Waals surface area contributed by atoms with Gasteiger partial charge in [-0.2, -0.15) is 5.10 Å². The van der Waals surface area contributed by atoms with E-state index < -0.39 is 0 Å². The van der Waals surface area contributed by atoms with Gasteiger partial charge in [0.15, 0.2) is 0 Å². The van der Waals surface area contributed by atoms with E-state index in [0.717, 1.165) is 60.3 Å². The van der Waals surface area contributed by atoms with Gasteiger partial charge in [0.1, 0.15) is 12.2 Å². The first kappa shape index (κ1) is 15.7. The largest absolute Gasteiger partial charge is 0.341 e. The zero-order valence-electron chi connectivity index (χ0n) is 14.5. The molecule has 0 bridgehead atoms. The minimum atomic E-state index is 0.436. The van der Waals surface area contributed by atoms with Gasteiger partial charge in [0.25, 0.3) is 0 Å². The second-order valence-corrected chi connectivity index (χ2v) is 6.46. The summed E-state index contributed by atoms with van der Waals surface area (Å²) >= 11 is 0. The molecule has 0 spiro atoms. The molecule has 3 aromatic rings. The summed E-state index contributed by atoms with van der Waals surface area (Å²) in [6.07, 6.45) is 5.45. The molecule has 1 aliphatic rings. The number of aromatic nitrogens is 6. The van der Waals surface area contributed by atoms with E-state index in [1.807, 2.05) is 32.2 Å². The van der Waals surface area contributed by atoms with Crippen LogP contribution in [-0.4, -0.2) is 43.2 Å². The van der Waals surface area contributed by atoms with Crippen LogP contribution in [0, 0.1) is 13.8 Å². The van der Waals surface area contributed by atoms with Crippen LogP contribution in [0.15, 0.2) is 30.7 Å². The highest BCUT2D eigenvalue weighted by Crippen LogP contribution is 2.28. The molecule has 25 heavy (non-hydrogen) atoms. The summed E-state index contributed by atoms with van der Waals surface area (Å²) in [5, 5.41) is 6.94. The van der Waals surface area contributed by atoms with Crippen molar-refractivity contribution in [3.63, 3.8) is 0 Å². The Morgan fingerprint density at radius 1 is 1.04 bits per heavy atom. The molecule has 0 unspecified atom stereocenters. The van der Waals surface area contributed by atoms with Gasteiger partial charge in [-0.25, -0.2) is 15.0 Å². The van der Waals surface area contributed by atoms with E-state index >= 15 is 0 Å². The minimum absolute atomic E-state index is 0.436.